The fourth-order valence-corrected chi connectivity index (χ4v) is 3.89. The van der Waals surface area contributed by atoms with Gasteiger partial charge in [-0.05, 0) is 37.0 Å². The van der Waals surface area contributed by atoms with Crippen molar-refractivity contribution in [3.63, 3.8) is 0 Å². The van der Waals surface area contributed by atoms with E-state index in [4.69, 9.17) is 11.6 Å². The van der Waals surface area contributed by atoms with E-state index < -0.39 is 16.7 Å². The van der Waals surface area contributed by atoms with Gasteiger partial charge in [-0.3, -0.25) is 30.6 Å². The number of hydrazine groups is 1. The number of halogens is 1. The molecule has 24 heavy (non-hydrogen) atoms. The standard InChI is InChI=1S/C15H12ClN3O4S/c16-11-7-9(19(22)23)4-5-10(11)14(20)17-18-15(21)13-6-8-2-1-3-12(8)24-13/h4-7H,1-3H2,(H,17,20)(H,18,21). The van der Waals surface area contributed by atoms with E-state index in [1.54, 1.807) is 0 Å². The third kappa shape index (κ3) is 3.24. The zero-order valence-corrected chi connectivity index (χ0v) is 13.9. The highest BCUT2D eigenvalue weighted by Crippen LogP contribution is 2.30. The maximum absolute atomic E-state index is 12.1. The van der Waals surface area contributed by atoms with Crippen molar-refractivity contribution in [1.82, 2.24) is 10.9 Å². The van der Waals surface area contributed by atoms with Crippen LogP contribution in [0.15, 0.2) is 24.3 Å². The summed E-state index contributed by atoms with van der Waals surface area (Å²) in [6.45, 7) is 0. The number of hydrogen-bond acceptors (Lipinski definition) is 5. The predicted octanol–water partition coefficient (Wildman–Crippen LogP) is 2.87. The molecule has 2 amide bonds. The van der Waals surface area contributed by atoms with Crippen LogP contribution < -0.4 is 10.9 Å². The third-order valence-electron chi connectivity index (χ3n) is 3.67. The minimum absolute atomic E-state index is 0.0382. The predicted molar refractivity (Wildman–Crippen MR) is 89.4 cm³/mol. The van der Waals surface area contributed by atoms with Gasteiger partial charge in [-0.15, -0.1) is 11.3 Å². The van der Waals surface area contributed by atoms with Crippen LogP contribution in [-0.4, -0.2) is 16.7 Å². The summed E-state index contributed by atoms with van der Waals surface area (Å²) in [5.41, 5.74) is 5.61. The Morgan fingerprint density at radius 3 is 2.58 bits per heavy atom. The minimum Gasteiger partial charge on any atom is -0.267 e. The van der Waals surface area contributed by atoms with E-state index in [0.29, 0.717) is 4.88 Å². The number of benzene rings is 1. The second-order valence-corrected chi connectivity index (χ2v) is 6.79. The van der Waals surface area contributed by atoms with Crippen LogP contribution in [0.2, 0.25) is 5.02 Å². The lowest BCUT2D eigenvalue weighted by Gasteiger charge is -2.07. The highest BCUT2D eigenvalue weighted by molar-refractivity contribution is 7.14. The Kier molecular flexibility index (Phi) is 4.50. The number of nitro groups is 1. The van der Waals surface area contributed by atoms with Gasteiger partial charge < -0.3 is 0 Å². The number of aryl methyl sites for hydroxylation is 2. The number of nitro benzene ring substituents is 1. The summed E-state index contributed by atoms with van der Waals surface area (Å²) >= 11 is 7.30. The van der Waals surface area contributed by atoms with Crippen molar-refractivity contribution in [2.45, 2.75) is 19.3 Å². The van der Waals surface area contributed by atoms with Gasteiger partial charge in [-0.25, -0.2) is 0 Å². The molecule has 0 unspecified atom stereocenters. The highest BCUT2D eigenvalue weighted by atomic mass is 35.5. The second-order valence-electron chi connectivity index (χ2n) is 5.24. The van der Waals surface area contributed by atoms with Gasteiger partial charge in [0, 0.05) is 17.0 Å². The number of non-ortho nitro benzene ring substituents is 1. The first-order valence-corrected chi connectivity index (χ1v) is 8.31. The Hall–Kier alpha value is -2.45. The zero-order valence-electron chi connectivity index (χ0n) is 12.3. The van der Waals surface area contributed by atoms with Gasteiger partial charge in [0.05, 0.1) is 20.4 Å². The monoisotopic (exact) mass is 365 g/mol. The Bertz CT molecular complexity index is 828. The SMILES string of the molecule is O=C(NNC(=O)c1ccc([N+](=O)[O-])cc1Cl)c1cc2c(s1)CCC2. The summed E-state index contributed by atoms with van der Waals surface area (Å²) in [6, 6.07) is 5.34. The van der Waals surface area contributed by atoms with Crippen LogP contribution in [0, 0.1) is 10.1 Å². The number of hydrogen-bond donors (Lipinski definition) is 2. The molecular formula is C15H12ClN3O4S. The number of rotatable bonds is 3. The molecular weight excluding hydrogens is 354 g/mol. The molecule has 3 rings (SSSR count). The molecule has 0 atom stereocenters. The maximum atomic E-state index is 12.1. The average molecular weight is 366 g/mol. The van der Waals surface area contributed by atoms with Gasteiger partial charge in [0.2, 0.25) is 0 Å². The van der Waals surface area contributed by atoms with Gasteiger partial charge >= 0.3 is 0 Å². The highest BCUT2D eigenvalue weighted by Gasteiger charge is 2.20. The normalized spacial score (nSPS) is 12.5. The molecule has 0 fully saturated rings. The Labute approximate surface area is 145 Å². The number of fused-ring (bicyclic) bond motifs is 1. The van der Waals surface area contributed by atoms with Crippen molar-refractivity contribution >= 4 is 40.4 Å². The summed E-state index contributed by atoms with van der Waals surface area (Å²) < 4.78 is 0. The van der Waals surface area contributed by atoms with E-state index in [0.717, 1.165) is 25.3 Å². The zero-order chi connectivity index (χ0) is 17.3. The lowest BCUT2D eigenvalue weighted by atomic mass is 10.2. The van der Waals surface area contributed by atoms with Gasteiger partial charge in [-0.2, -0.15) is 0 Å². The molecule has 0 spiro atoms. The molecule has 0 aliphatic heterocycles. The van der Waals surface area contributed by atoms with Crippen molar-refractivity contribution in [3.05, 3.63) is 60.3 Å². The van der Waals surface area contributed by atoms with Crippen LogP contribution in [0.25, 0.3) is 0 Å². The number of nitrogens with zero attached hydrogens (tertiary/aromatic N) is 1. The first-order valence-electron chi connectivity index (χ1n) is 7.12. The average Bonchev–Trinajstić information content (AvgIpc) is 3.13. The molecule has 0 bridgehead atoms. The van der Waals surface area contributed by atoms with Gasteiger partial charge in [0.1, 0.15) is 0 Å². The maximum Gasteiger partial charge on any atom is 0.279 e. The number of nitrogens with one attached hydrogen (secondary N) is 2. The molecule has 1 aromatic heterocycles. The largest absolute Gasteiger partial charge is 0.279 e. The van der Waals surface area contributed by atoms with E-state index in [2.05, 4.69) is 10.9 Å². The quantitative estimate of drug-likeness (QED) is 0.645. The van der Waals surface area contributed by atoms with Gasteiger partial charge in [0.15, 0.2) is 0 Å². The number of amides is 2. The van der Waals surface area contributed by atoms with Crippen LogP contribution in [-0.2, 0) is 12.8 Å². The van der Waals surface area contributed by atoms with Gasteiger partial charge in [0.25, 0.3) is 17.5 Å². The molecule has 1 heterocycles. The first-order chi connectivity index (χ1) is 11.5. The topological polar surface area (TPSA) is 101 Å². The minimum atomic E-state index is -0.646. The van der Waals surface area contributed by atoms with Crippen molar-refractivity contribution < 1.29 is 14.5 Å². The molecule has 0 saturated heterocycles. The summed E-state index contributed by atoms with van der Waals surface area (Å²) in [4.78, 5) is 35.9. The fourth-order valence-electron chi connectivity index (χ4n) is 2.49. The third-order valence-corrected chi connectivity index (χ3v) is 5.22. The number of carbonyl (C=O) groups excluding carboxylic acids is 2. The lowest BCUT2D eigenvalue weighted by Crippen LogP contribution is -2.41. The molecule has 2 aromatic rings. The first kappa shape index (κ1) is 16.4. The lowest BCUT2D eigenvalue weighted by molar-refractivity contribution is -0.384. The van der Waals surface area contributed by atoms with Crippen LogP contribution in [0.3, 0.4) is 0 Å². The van der Waals surface area contributed by atoms with Crippen LogP contribution in [0.1, 0.15) is 36.9 Å². The molecule has 1 aliphatic carbocycles. The molecule has 2 N–H and O–H groups in total. The van der Waals surface area contributed by atoms with Crippen molar-refractivity contribution in [2.75, 3.05) is 0 Å². The van der Waals surface area contributed by atoms with E-state index >= 15 is 0 Å². The van der Waals surface area contributed by atoms with Crippen molar-refractivity contribution in [2.24, 2.45) is 0 Å². The van der Waals surface area contributed by atoms with Gasteiger partial charge in [-0.1, -0.05) is 11.6 Å². The summed E-state index contributed by atoms with van der Waals surface area (Å²) in [5, 5.41) is 10.6. The molecule has 1 aromatic carbocycles. The molecule has 0 saturated carbocycles. The molecule has 0 radical (unpaired) electrons. The van der Waals surface area contributed by atoms with E-state index in [1.807, 2.05) is 6.07 Å². The summed E-state index contributed by atoms with van der Waals surface area (Å²) in [6.07, 6.45) is 3.07. The molecule has 1 aliphatic rings. The van der Waals surface area contributed by atoms with Crippen LogP contribution in [0.4, 0.5) is 5.69 Å². The smallest absolute Gasteiger partial charge is 0.267 e. The van der Waals surface area contributed by atoms with E-state index in [1.165, 1.54) is 33.9 Å². The summed E-state index contributed by atoms with van der Waals surface area (Å²) in [5.74, 6) is -1.05. The second kappa shape index (κ2) is 6.58. The number of thiophene rings is 1. The molecule has 7 nitrogen and oxygen atoms in total. The van der Waals surface area contributed by atoms with Crippen LogP contribution in [0.5, 0.6) is 0 Å². The Balaban J connectivity index is 1.64. The molecule has 124 valence electrons. The Morgan fingerprint density at radius 1 is 1.17 bits per heavy atom. The van der Waals surface area contributed by atoms with E-state index in [-0.39, 0.29) is 16.3 Å². The summed E-state index contributed by atoms with van der Waals surface area (Å²) in [7, 11) is 0. The fraction of sp³-hybridized carbons (Fsp3) is 0.200. The number of carbonyl (C=O) groups is 2. The van der Waals surface area contributed by atoms with E-state index in [9.17, 15) is 19.7 Å². The van der Waals surface area contributed by atoms with Crippen LogP contribution >= 0.6 is 22.9 Å². The Morgan fingerprint density at radius 2 is 1.92 bits per heavy atom. The molecule has 9 heteroatoms. The van der Waals surface area contributed by atoms with Crippen molar-refractivity contribution in [3.8, 4) is 0 Å². The van der Waals surface area contributed by atoms with Crippen molar-refractivity contribution in [1.29, 1.82) is 0 Å².